The van der Waals surface area contributed by atoms with Crippen LogP contribution in [0, 0.1) is 13.8 Å². The van der Waals surface area contributed by atoms with Gasteiger partial charge in [-0.25, -0.2) is 4.98 Å². The summed E-state index contributed by atoms with van der Waals surface area (Å²) >= 11 is 0. The van der Waals surface area contributed by atoms with Gasteiger partial charge in [0.05, 0.1) is 5.69 Å². The zero-order chi connectivity index (χ0) is 13.1. The molecule has 0 unspecified atom stereocenters. The van der Waals surface area contributed by atoms with Crippen molar-refractivity contribution >= 4 is 14.1 Å². The van der Waals surface area contributed by atoms with Crippen molar-refractivity contribution in [2.24, 2.45) is 0 Å². The molecule has 1 aromatic carbocycles. The summed E-state index contributed by atoms with van der Waals surface area (Å²) in [6.07, 6.45) is 0. The fourth-order valence-electron chi connectivity index (χ4n) is 2.86. The third kappa shape index (κ3) is 1.26. The van der Waals surface area contributed by atoms with Gasteiger partial charge in [0.2, 0.25) is 0 Å². The standard InChI is InChI=1S/C14H19N3Si/c1-10-11(2)17-14(15-10)12-8-6-7-9-13(12)16(3)18(17,4)5/h6-9H,1-5H3. The Labute approximate surface area is 109 Å². The monoisotopic (exact) mass is 257 g/mol. The number of aromatic nitrogens is 2. The van der Waals surface area contributed by atoms with Crippen LogP contribution in [0.5, 0.6) is 0 Å². The van der Waals surface area contributed by atoms with Gasteiger partial charge in [-0.05, 0) is 46.1 Å². The lowest BCUT2D eigenvalue weighted by Crippen LogP contribution is -2.56. The summed E-state index contributed by atoms with van der Waals surface area (Å²) in [4.78, 5) is 4.79. The largest absolute Gasteiger partial charge is 0.383 e. The van der Waals surface area contributed by atoms with E-state index in [0.29, 0.717) is 0 Å². The summed E-state index contributed by atoms with van der Waals surface area (Å²) in [7, 11) is 0.509. The van der Waals surface area contributed by atoms with Crippen LogP contribution in [0.4, 0.5) is 5.69 Å². The van der Waals surface area contributed by atoms with Crippen molar-refractivity contribution in [1.82, 2.24) is 9.22 Å². The predicted octanol–water partition coefficient (Wildman–Crippen LogP) is 3.17. The van der Waals surface area contributed by atoms with E-state index in [-0.39, 0.29) is 0 Å². The van der Waals surface area contributed by atoms with E-state index in [1.165, 1.54) is 16.9 Å². The van der Waals surface area contributed by atoms with Crippen molar-refractivity contribution in [2.75, 3.05) is 11.6 Å². The fraction of sp³-hybridized carbons (Fsp3) is 0.357. The molecular weight excluding hydrogens is 238 g/mol. The average molecular weight is 257 g/mol. The lowest BCUT2D eigenvalue weighted by atomic mass is 10.1. The Morgan fingerprint density at radius 3 is 2.50 bits per heavy atom. The van der Waals surface area contributed by atoms with E-state index < -0.39 is 8.40 Å². The van der Waals surface area contributed by atoms with E-state index in [1.54, 1.807) is 0 Å². The molecule has 0 fully saturated rings. The van der Waals surface area contributed by atoms with Crippen LogP contribution < -0.4 is 4.57 Å². The first kappa shape index (κ1) is 11.5. The van der Waals surface area contributed by atoms with Crippen molar-refractivity contribution in [3.05, 3.63) is 35.7 Å². The van der Waals surface area contributed by atoms with Gasteiger partial charge in [-0.15, -0.1) is 0 Å². The van der Waals surface area contributed by atoms with Gasteiger partial charge < -0.3 is 8.80 Å². The van der Waals surface area contributed by atoms with E-state index in [4.69, 9.17) is 4.98 Å². The fourth-order valence-corrected chi connectivity index (χ4v) is 5.62. The van der Waals surface area contributed by atoms with E-state index in [9.17, 15) is 0 Å². The van der Waals surface area contributed by atoms with Crippen LogP contribution in [0.1, 0.15) is 11.4 Å². The normalized spacial score (nSPS) is 16.4. The third-order valence-corrected chi connectivity index (χ3v) is 7.74. The molecule has 1 aromatic heterocycles. The van der Waals surface area contributed by atoms with Crippen molar-refractivity contribution in [2.45, 2.75) is 26.9 Å². The minimum absolute atomic E-state index is 1.15. The molecule has 4 heteroatoms. The quantitative estimate of drug-likeness (QED) is 0.676. The van der Waals surface area contributed by atoms with Gasteiger partial charge in [-0.1, -0.05) is 12.1 Å². The van der Waals surface area contributed by atoms with Crippen LogP contribution in [-0.4, -0.2) is 24.7 Å². The second kappa shape index (κ2) is 3.48. The van der Waals surface area contributed by atoms with Gasteiger partial charge in [-0.2, -0.15) is 0 Å². The van der Waals surface area contributed by atoms with Gasteiger partial charge in [0.1, 0.15) is 5.82 Å². The zero-order valence-corrected chi connectivity index (χ0v) is 12.7. The maximum atomic E-state index is 4.79. The number of anilines is 1. The SMILES string of the molecule is Cc1nc2n(c1C)[Si](C)(C)N(C)c1ccccc1-2. The highest BCUT2D eigenvalue weighted by Crippen LogP contribution is 2.39. The van der Waals surface area contributed by atoms with Gasteiger partial charge in [0.25, 0.3) is 8.40 Å². The van der Waals surface area contributed by atoms with Crippen LogP contribution in [0.2, 0.25) is 13.1 Å². The number of benzene rings is 1. The number of imidazole rings is 1. The molecule has 0 amide bonds. The molecule has 1 aliphatic heterocycles. The number of hydrogen-bond acceptors (Lipinski definition) is 2. The number of para-hydroxylation sites is 1. The number of hydrogen-bond donors (Lipinski definition) is 0. The highest BCUT2D eigenvalue weighted by Gasteiger charge is 2.39. The minimum atomic E-state index is -1.70. The molecule has 94 valence electrons. The van der Waals surface area contributed by atoms with Crippen molar-refractivity contribution < 1.29 is 0 Å². The summed E-state index contributed by atoms with van der Waals surface area (Å²) in [5.41, 5.74) is 5.02. The van der Waals surface area contributed by atoms with Crippen LogP contribution >= 0.6 is 0 Å². The maximum Gasteiger partial charge on any atom is 0.263 e. The summed E-state index contributed by atoms with van der Waals surface area (Å²) in [6.45, 7) is 9.04. The second-order valence-corrected chi connectivity index (χ2v) is 9.62. The van der Waals surface area contributed by atoms with Gasteiger partial charge >= 0.3 is 0 Å². The Morgan fingerprint density at radius 2 is 1.78 bits per heavy atom. The molecule has 2 aromatic rings. The first-order valence-corrected chi connectivity index (χ1v) is 9.23. The summed E-state index contributed by atoms with van der Waals surface area (Å²) in [5.74, 6) is 1.15. The highest BCUT2D eigenvalue weighted by atomic mass is 28.3. The molecule has 2 heterocycles. The molecule has 1 aliphatic rings. The Hall–Kier alpha value is -1.55. The van der Waals surface area contributed by atoms with Crippen LogP contribution in [0.15, 0.2) is 24.3 Å². The smallest absolute Gasteiger partial charge is 0.263 e. The molecule has 0 saturated heterocycles. The second-order valence-electron chi connectivity index (χ2n) is 5.51. The summed E-state index contributed by atoms with van der Waals surface area (Å²) in [5, 5.41) is 0. The first-order chi connectivity index (χ1) is 8.44. The molecule has 0 N–H and O–H groups in total. The van der Waals surface area contributed by atoms with Crippen molar-refractivity contribution in [3.8, 4) is 11.4 Å². The van der Waals surface area contributed by atoms with Crippen LogP contribution in [-0.2, 0) is 0 Å². The molecular formula is C14H19N3Si. The van der Waals surface area contributed by atoms with Gasteiger partial charge in [-0.3, -0.25) is 0 Å². The summed E-state index contributed by atoms with van der Waals surface area (Å²) in [6, 6.07) is 8.58. The van der Waals surface area contributed by atoms with E-state index in [0.717, 1.165) is 11.5 Å². The number of fused-ring (bicyclic) bond motifs is 3. The molecule has 3 rings (SSSR count). The van der Waals surface area contributed by atoms with E-state index >= 15 is 0 Å². The number of aryl methyl sites for hydroxylation is 1. The zero-order valence-electron chi connectivity index (χ0n) is 11.7. The van der Waals surface area contributed by atoms with Gasteiger partial charge in [0, 0.05) is 16.9 Å². The predicted molar refractivity (Wildman–Crippen MR) is 78.4 cm³/mol. The van der Waals surface area contributed by atoms with Crippen molar-refractivity contribution in [1.29, 1.82) is 0 Å². The molecule has 18 heavy (non-hydrogen) atoms. The third-order valence-electron chi connectivity index (χ3n) is 4.22. The number of nitrogens with zero attached hydrogens (tertiary/aromatic N) is 3. The van der Waals surface area contributed by atoms with Crippen molar-refractivity contribution in [3.63, 3.8) is 0 Å². The molecule has 0 saturated carbocycles. The minimum Gasteiger partial charge on any atom is -0.383 e. The van der Waals surface area contributed by atoms with Crippen LogP contribution in [0.3, 0.4) is 0 Å². The lowest BCUT2D eigenvalue weighted by Gasteiger charge is -2.42. The molecule has 0 aliphatic carbocycles. The molecule has 0 spiro atoms. The Bertz CT molecular complexity index is 628. The van der Waals surface area contributed by atoms with Gasteiger partial charge in [0.15, 0.2) is 0 Å². The molecule has 3 nitrogen and oxygen atoms in total. The van der Waals surface area contributed by atoms with E-state index in [2.05, 4.69) is 67.1 Å². The Balaban J connectivity index is 2.41. The Morgan fingerprint density at radius 1 is 1.11 bits per heavy atom. The maximum absolute atomic E-state index is 4.79. The summed E-state index contributed by atoms with van der Waals surface area (Å²) < 4.78 is 4.94. The Kier molecular flexibility index (Phi) is 2.23. The topological polar surface area (TPSA) is 21.1 Å². The van der Waals surface area contributed by atoms with Crippen LogP contribution in [0.25, 0.3) is 11.4 Å². The first-order valence-electron chi connectivity index (χ1n) is 6.34. The number of rotatable bonds is 0. The molecule has 0 bridgehead atoms. The van der Waals surface area contributed by atoms with E-state index in [1.807, 2.05) is 0 Å². The lowest BCUT2D eigenvalue weighted by molar-refractivity contribution is 0.998. The average Bonchev–Trinajstić information content (AvgIpc) is 2.64. The molecule has 0 atom stereocenters. The highest BCUT2D eigenvalue weighted by molar-refractivity contribution is 6.80. The molecule has 0 radical (unpaired) electrons.